The first kappa shape index (κ1) is 23.2. The van der Waals surface area contributed by atoms with Gasteiger partial charge in [-0.15, -0.1) is 6.42 Å². The van der Waals surface area contributed by atoms with Gasteiger partial charge in [0, 0.05) is 6.54 Å². The summed E-state index contributed by atoms with van der Waals surface area (Å²) in [5.74, 6) is 3.23. The van der Waals surface area contributed by atoms with E-state index in [2.05, 4.69) is 16.6 Å². The lowest BCUT2D eigenvalue weighted by Crippen LogP contribution is -2.50. The van der Waals surface area contributed by atoms with Gasteiger partial charge in [0.25, 0.3) is 0 Å². The SMILES string of the molecule is C#CCOc1ccc(CCNC(=O)C(NC(=O)OC(C)C)C(C)C)cc1OC. The molecule has 1 aromatic carbocycles. The molecule has 0 saturated heterocycles. The molecule has 1 aromatic rings. The Morgan fingerprint density at radius 2 is 1.89 bits per heavy atom. The molecule has 0 heterocycles. The molecule has 2 N–H and O–H groups in total. The van der Waals surface area contributed by atoms with Gasteiger partial charge in [-0.05, 0) is 43.9 Å². The fourth-order valence-electron chi connectivity index (χ4n) is 2.46. The number of terminal acetylenes is 1. The molecule has 0 fully saturated rings. The number of hydrogen-bond donors (Lipinski definition) is 2. The number of nitrogens with one attached hydrogen (secondary N) is 2. The predicted octanol–water partition coefficient (Wildman–Crippen LogP) is 2.53. The van der Waals surface area contributed by atoms with Crippen molar-refractivity contribution in [2.24, 2.45) is 5.92 Å². The molecule has 0 saturated carbocycles. The van der Waals surface area contributed by atoms with Crippen LogP contribution in [-0.2, 0) is 16.0 Å². The zero-order valence-corrected chi connectivity index (χ0v) is 17.2. The number of alkyl carbamates (subject to hydrolysis) is 1. The molecule has 7 nitrogen and oxygen atoms in total. The summed E-state index contributed by atoms with van der Waals surface area (Å²) in [7, 11) is 1.55. The number of hydrogen-bond acceptors (Lipinski definition) is 5. The molecule has 0 aromatic heterocycles. The van der Waals surface area contributed by atoms with E-state index < -0.39 is 12.1 Å². The van der Waals surface area contributed by atoms with E-state index in [1.807, 2.05) is 26.0 Å². The third-order valence-corrected chi connectivity index (χ3v) is 3.82. The average Bonchev–Trinajstić information content (AvgIpc) is 2.63. The van der Waals surface area contributed by atoms with Gasteiger partial charge in [-0.2, -0.15) is 0 Å². The Bertz CT molecular complexity index is 695. The lowest BCUT2D eigenvalue weighted by Gasteiger charge is -2.22. The molecule has 1 atom stereocenters. The van der Waals surface area contributed by atoms with E-state index in [4.69, 9.17) is 20.6 Å². The van der Waals surface area contributed by atoms with Crippen LogP contribution in [0.5, 0.6) is 11.5 Å². The fraction of sp³-hybridized carbons (Fsp3) is 0.524. The van der Waals surface area contributed by atoms with Crippen LogP contribution >= 0.6 is 0 Å². The van der Waals surface area contributed by atoms with Crippen molar-refractivity contribution < 1.29 is 23.8 Å². The number of benzene rings is 1. The van der Waals surface area contributed by atoms with Gasteiger partial charge < -0.3 is 24.8 Å². The van der Waals surface area contributed by atoms with Gasteiger partial charge in [-0.3, -0.25) is 4.79 Å². The summed E-state index contributed by atoms with van der Waals surface area (Å²) < 4.78 is 15.8. The van der Waals surface area contributed by atoms with E-state index in [9.17, 15) is 9.59 Å². The highest BCUT2D eigenvalue weighted by Crippen LogP contribution is 2.28. The minimum Gasteiger partial charge on any atom is -0.493 e. The van der Waals surface area contributed by atoms with E-state index in [-0.39, 0.29) is 24.5 Å². The van der Waals surface area contributed by atoms with Crippen molar-refractivity contribution >= 4 is 12.0 Å². The maximum absolute atomic E-state index is 12.4. The van der Waals surface area contributed by atoms with Crippen molar-refractivity contribution in [2.75, 3.05) is 20.3 Å². The minimum absolute atomic E-state index is 0.0765. The van der Waals surface area contributed by atoms with Gasteiger partial charge >= 0.3 is 6.09 Å². The first-order valence-electron chi connectivity index (χ1n) is 9.26. The molecule has 0 radical (unpaired) electrons. The maximum atomic E-state index is 12.4. The number of carbonyl (C=O) groups excluding carboxylic acids is 2. The van der Waals surface area contributed by atoms with E-state index in [0.29, 0.717) is 24.5 Å². The van der Waals surface area contributed by atoms with Gasteiger partial charge in [0.15, 0.2) is 11.5 Å². The lowest BCUT2D eigenvalue weighted by atomic mass is 10.0. The van der Waals surface area contributed by atoms with Crippen LogP contribution in [0.1, 0.15) is 33.3 Å². The van der Waals surface area contributed by atoms with Crippen LogP contribution in [0, 0.1) is 18.3 Å². The van der Waals surface area contributed by atoms with Crippen molar-refractivity contribution in [1.82, 2.24) is 10.6 Å². The topological polar surface area (TPSA) is 85.9 Å². The zero-order chi connectivity index (χ0) is 21.1. The highest BCUT2D eigenvalue weighted by Gasteiger charge is 2.24. The molecular formula is C21H30N2O5. The molecule has 154 valence electrons. The standard InChI is InChI=1S/C21H30N2O5/c1-7-12-27-17-9-8-16(13-18(17)26-6)10-11-22-20(24)19(14(2)3)23-21(25)28-15(4)5/h1,8-9,13-15,19H,10-12H2,2-6H3,(H,22,24)(H,23,25). The number of ether oxygens (including phenoxy) is 3. The lowest BCUT2D eigenvalue weighted by molar-refractivity contribution is -0.124. The molecular weight excluding hydrogens is 360 g/mol. The molecule has 0 bridgehead atoms. The van der Waals surface area contributed by atoms with Crippen LogP contribution in [0.2, 0.25) is 0 Å². The smallest absolute Gasteiger partial charge is 0.408 e. The van der Waals surface area contributed by atoms with Crippen LogP contribution in [0.15, 0.2) is 18.2 Å². The van der Waals surface area contributed by atoms with Crippen LogP contribution in [0.4, 0.5) is 4.79 Å². The summed E-state index contributed by atoms with van der Waals surface area (Å²) in [6.45, 7) is 7.80. The van der Waals surface area contributed by atoms with Crippen LogP contribution in [-0.4, -0.2) is 44.4 Å². The van der Waals surface area contributed by atoms with Gasteiger partial charge in [-0.1, -0.05) is 25.8 Å². The number of methoxy groups -OCH3 is 1. The predicted molar refractivity (Wildman–Crippen MR) is 107 cm³/mol. The third-order valence-electron chi connectivity index (χ3n) is 3.82. The first-order valence-corrected chi connectivity index (χ1v) is 9.26. The molecule has 0 aliphatic carbocycles. The highest BCUT2D eigenvalue weighted by atomic mass is 16.6. The van der Waals surface area contributed by atoms with Crippen LogP contribution < -0.4 is 20.1 Å². The van der Waals surface area contributed by atoms with E-state index in [0.717, 1.165) is 5.56 Å². The summed E-state index contributed by atoms with van der Waals surface area (Å²) in [6.07, 6.45) is 4.94. The molecule has 0 aliphatic heterocycles. The molecule has 0 spiro atoms. The minimum atomic E-state index is -0.666. The van der Waals surface area contributed by atoms with Gasteiger partial charge in [0.1, 0.15) is 12.6 Å². The van der Waals surface area contributed by atoms with Gasteiger partial charge in [-0.25, -0.2) is 4.79 Å². The molecule has 2 amide bonds. The normalized spacial score (nSPS) is 11.5. The molecule has 1 unspecified atom stereocenters. The monoisotopic (exact) mass is 390 g/mol. The van der Waals surface area contributed by atoms with Crippen molar-refractivity contribution in [3.05, 3.63) is 23.8 Å². The Morgan fingerprint density at radius 1 is 1.18 bits per heavy atom. The third kappa shape index (κ3) is 7.78. The summed E-state index contributed by atoms with van der Waals surface area (Å²) >= 11 is 0. The van der Waals surface area contributed by atoms with E-state index in [1.165, 1.54) is 0 Å². The Balaban J connectivity index is 2.61. The molecule has 1 rings (SSSR count). The van der Waals surface area contributed by atoms with Crippen molar-refractivity contribution in [2.45, 2.75) is 46.3 Å². The van der Waals surface area contributed by atoms with Gasteiger partial charge in [0.05, 0.1) is 13.2 Å². The summed E-state index contributed by atoms with van der Waals surface area (Å²) in [5, 5.41) is 5.47. The summed E-state index contributed by atoms with van der Waals surface area (Å²) in [4.78, 5) is 24.2. The average molecular weight is 390 g/mol. The number of rotatable bonds is 10. The zero-order valence-electron chi connectivity index (χ0n) is 17.2. The van der Waals surface area contributed by atoms with Gasteiger partial charge in [0.2, 0.25) is 5.91 Å². The largest absolute Gasteiger partial charge is 0.493 e. The second-order valence-corrected chi connectivity index (χ2v) is 6.84. The molecule has 0 aliphatic rings. The van der Waals surface area contributed by atoms with Crippen molar-refractivity contribution in [3.63, 3.8) is 0 Å². The van der Waals surface area contributed by atoms with E-state index in [1.54, 1.807) is 27.0 Å². The quantitative estimate of drug-likeness (QED) is 0.600. The Kier molecular flexibility index (Phi) is 9.72. The first-order chi connectivity index (χ1) is 13.3. The Labute approximate surface area is 167 Å². The Morgan fingerprint density at radius 3 is 2.46 bits per heavy atom. The fourth-order valence-corrected chi connectivity index (χ4v) is 2.46. The maximum Gasteiger partial charge on any atom is 0.408 e. The molecule has 7 heteroatoms. The number of amides is 2. The summed E-state index contributed by atoms with van der Waals surface area (Å²) in [6, 6.07) is 4.85. The Hall–Kier alpha value is -2.88. The second-order valence-electron chi connectivity index (χ2n) is 6.84. The summed E-state index contributed by atoms with van der Waals surface area (Å²) in [5.41, 5.74) is 0.971. The molecule has 28 heavy (non-hydrogen) atoms. The van der Waals surface area contributed by atoms with E-state index >= 15 is 0 Å². The number of carbonyl (C=O) groups is 2. The van der Waals surface area contributed by atoms with Crippen molar-refractivity contribution in [1.29, 1.82) is 0 Å². The second kappa shape index (κ2) is 11.8. The van der Waals surface area contributed by atoms with Crippen LogP contribution in [0.3, 0.4) is 0 Å². The highest BCUT2D eigenvalue weighted by molar-refractivity contribution is 5.85. The van der Waals surface area contributed by atoms with Crippen molar-refractivity contribution in [3.8, 4) is 23.8 Å². The van der Waals surface area contributed by atoms with Crippen LogP contribution in [0.25, 0.3) is 0 Å².